The first-order chi connectivity index (χ1) is 27.3. The number of carbonyl (C=O) groups is 1. The van der Waals surface area contributed by atoms with Crippen molar-refractivity contribution in [3.8, 4) is 11.1 Å². The summed E-state index contributed by atoms with van der Waals surface area (Å²) >= 11 is 0. The van der Waals surface area contributed by atoms with Gasteiger partial charge in [0, 0.05) is 19.1 Å². The highest BCUT2D eigenvalue weighted by Crippen LogP contribution is 2.44. The molecule has 0 atom stereocenters. The monoisotopic (exact) mass is 781 g/mol. The zero-order chi connectivity index (χ0) is 38.7. The Bertz CT molecular complexity index is 1160. The van der Waals surface area contributed by atoms with Crippen molar-refractivity contribution in [2.24, 2.45) is 0 Å². The normalized spacial score (nSPS) is 12.2. The van der Waals surface area contributed by atoms with Gasteiger partial charge in [-0.05, 0) is 28.7 Å². The molecule has 0 saturated carbocycles. The van der Waals surface area contributed by atoms with Crippen LogP contribution in [0.4, 0.5) is 4.79 Å². The lowest BCUT2D eigenvalue weighted by Gasteiger charge is -2.14. The average molecular weight is 782 g/mol. The standard InChI is InChI=1S/C40H63NO14/c42-11-13-45-15-17-47-19-21-49-23-25-51-27-29-53-31-33-54-32-30-52-28-26-50-24-22-48-20-18-46-16-14-44-12-5-10-41-40(43)55-34-39-37-8-3-1-6-35(37)36-7-2-4-9-38(36)39/h1-4,6-9,39,42H,5,10-34H2,(H,41,43). The molecule has 2 N–H and O–H groups in total. The van der Waals surface area contributed by atoms with Crippen LogP contribution in [0, 0.1) is 0 Å². The number of ether oxygens (including phenoxy) is 12. The quantitative estimate of drug-likeness (QED) is 0.0958. The predicted molar refractivity (Wildman–Crippen MR) is 204 cm³/mol. The molecule has 0 heterocycles. The molecule has 0 radical (unpaired) electrons. The Labute approximate surface area is 326 Å². The van der Waals surface area contributed by atoms with Crippen molar-refractivity contribution in [1.82, 2.24) is 5.32 Å². The van der Waals surface area contributed by atoms with Crippen molar-refractivity contribution in [3.05, 3.63) is 59.7 Å². The Balaban J connectivity index is 0.941. The highest BCUT2D eigenvalue weighted by Gasteiger charge is 2.28. The predicted octanol–water partition coefficient (Wildman–Crippen LogP) is 3.09. The second-order valence-electron chi connectivity index (χ2n) is 12.1. The topological polar surface area (TPSA) is 160 Å². The summed E-state index contributed by atoms with van der Waals surface area (Å²) < 4.78 is 65.4. The molecule has 1 amide bonds. The minimum absolute atomic E-state index is 0.0207. The molecular weight excluding hydrogens is 718 g/mol. The van der Waals surface area contributed by atoms with E-state index in [4.69, 9.17) is 61.9 Å². The van der Waals surface area contributed by atoms with E-state index in [1.165, 1.54) is 22.3 Å². The summed E-state index contributed by atoms with van der Waals surface area (Å²) in [6, 6.07) is 16.6. The van der Waals surface area contributed by atoms with Crippen LogP contribution in [0.25, 0.3) is 11.1 Å². The molecular formula is C40H63NO14. The first-order valence-corrected chi connectivity index (χ1v) is 19.4. The summed E-state index contributed by atoms with van der Waals surface area (Å²) in [6.07, 6.45) is 0.265. The van der Waals surface area contributed by atoms with Crippen molar-refractivity contribution in [2.75, 3.05) is 165 Å². The minimum atomic E-state index is -0.417. The van der Waals surface area contributed by atoms with Gasteiger partial charge in [0.25, 0.3) is 0 Å². The fraction of sp³-hybridized carbons (Fsp3) is 0.675. The average Bonchev–Trinajstić information content (AvgIpc) is 3.53. The number of nitrogens with one attached hydrogen (secondary N) is 1. The molecule has 0 bridgehead atoms. The summed E-state index contributed by atoms with van der Waals surface area (Å²) in [5.74, 6) is 0.0477. The maximum atomic E-state index is 12.3. The van der Waals surface area contributed by atoms with Crippen molar-refractivity contribution < 1.29 is 66.7 Å². The van der Waals surface area contributed by atoms with Crippen LogP contribution in [0.15, 0.2) is 48.5 Å². The number of hydrogen-bond acceptors (Lipinski definition) is 14. The van der Waals surface area contributed by atoms with E-state index < -0.39 is 6.09 Å². The van der Waals surface area contributed by atoms with E-state index >= 15 is 0 Å². The summed E-state index contributed by atoms with van der Waals surface area (Å²) in [5.41, 5.74) is 4.80. The first kappa shape index (κ1) is 46.6. The van der Waals surface area contributed by atoms with Crippen LogP contribution in [0.3, 0.4) is 0 Å². The minimum Gasteiger partial charge on any atom is -0.449 e. The van der Waals surface area contributed by atoms with E-state index in [0.29, 0.717) is 165 Å². The van der Waals surface area contributed by atoms with Crippen LogP contribution >= 0.6 is 0 Å². The van der Waals surface area contributed by atoms with Gasteiger partial charge >= 0.3 is 6.09 Å². The highest BCUT2D eigenvalue weighted by atomic mass is 16.6. The SMILES string of the molecule is O=C(NCCCOCCOCCOCCOCCOCCOCCOCCOCCOCCOCCOCCO)OCC1c2ccccc2-c2ccccc21. The van der Waals surface area contributed by atoms with E-state index in [0.717, 1.165) is 0 Å². The van der Waals surface area contributed by atoms with Crippen LogP contribution in [0.5, 0.6) is 0 Å². The van der Waals surface area contributed by atoms with E-state index in [1.54, 1.807) is 0 Å². The van der Waals surface area contributed by atoms with Crippen LogP contribution < -0.4 is 5.32 Å². The maximum absolute atomic E-state index is 12.3. The van der Waals surface area contributed by atoms with Crippen molar-refractivity contribution in [2.45, 2.75) is 12.3 Å². The Morgan fingerprint density at radius 2 is 0.764 bits per heavy atom. The largest absolute Gasteiger partial charge is 0.449 e. The molecule has 1 aliphatic carbocycles. The van der Waals surface area contributed by atoms with Crippen molar-refractivity contribution >= 4 is 6.09 Å². The van der Waals surface area contributed by atoms with Gasteiger partial charge in [-0.3, -0.25) is 0 Å². The fourth-order valence-corrected chi connectivity index (χ4v) is 5.38. The second-order valence-corrected chi connectivity index (χ2v) is 12.1. The first-order valence-electron chi connectivity index (χ1n) is 19.4. The molecule has 312 valence electrons. The summed E-state index contributed by atoms with van der Waals surface area (Å²) in [4.78, 5) is 12.3. The molecule has 15 heteroatoms. The number of carbonyl (C=O) groups excluding carboxylic acids is 1. The van der Waals surface area contributed by atoms with Gasteiger partial charge < -0.3 is 67.3 Å². The summed E-state index contributed by atoms with van der Waals surface area (Å²) in [7, 11) is 0. The third kappa shape index (κ3) is 22.5. The molecule has 15 nitrogen and oxygen atoms in total. The number of aliphatic hydroxyl groups excluding tert-OH is 1. The van der Waals surface area contributed by atoms with E-state index in [9.17, 15) is 4.79 Å². The molecule has 0 fully saturated rings. The second kappa shape index (κ2) is 33.4. The highest BCUT2D eigenvalue weighted by molar-refractivity contribution is 5.79. The van der Waals surface area contributed by atoms with Gasteiger partial charge in [-0.15, -0.1) is 0 Å². The van der Waals surface area contributed by atoms with Gasteiger partial charge in [-0.25, -0.2) is 4.79 Å². The van der Waals surface area contributed by atoms with E-state index in [1.807, 2.05) is 24.3 Å². The molecule has 3 rings (SSSR count). The third-order valence-corrected chi connectivity index (χ3v) is 8.03. The maximum Gasteiger partial charge on any atom is 0.407 e. The molecule has 0 aromatic heterocycles. The zero-order valence-corrected chi connectivity index (χ0v) is 32.3. The third-order valence-electron chi connectivity index (χ3n) is 8.03. The smallest absolute Gasteiger partial charge is 0.407 e. The Morgan fingerprint density at radius 1 is 0.455 bits per heavy atom. The van der Waals surface area contributed by atoms with Crippen LogP contribution in [0.2, 0.25) is 0 Å². The van der Waals surface area contributed by atoms with Gasteiger partial charge in [0.2, 0.25) is 0 Å². The van der Waals surface area contributed by atoms with Crippen LogP contribution in [0.1, 0.15) is 23.5 Å². The molecule has 2 aromatic rings. The van der Waals surface area contributed by atoms with Crippen LogP contribution in [-0.4, -0.2) is 176 Å². The van der Waals surface area contributed by atoms with Gasteiger partial charge in [-0.2, -0.15) is 0 Å². The van der Waals surface area contributed by atoms with Crippen molar-refractivity contribution in [1.29, 1.82) is 0 Å². The number of aliphatic hydroxyl groups is 1. The number of hydrogen-bond donors (Lipinski definition) is 2. The summed E-state index contributed by atoms with van der Waals surface area (Å²) in [6.45, 7) is 11.4. The van der Waals surface area contributed by atoms with Gasteiger partial charge in [0.05, 0.1) is 145 Å². The molecule has 0 unspecified atom stereocenters. The molecule has 55 heavy (non-hydrogen) atoms. The number of alkyl carbamates (subject to hydrolysis) is 1. The Kier molecular flexibility index (Phi) is 28.3. The molecule has 0 spiro atoms. The number of benzene rings is 2. The lowest BCUT2D eigenvalue weighted by molar-refractivity contribution is -0.0278. The fourth-order valence-electron chi connectivity index (χ4n) is 5.38. The molecule has 1 aliphatic rings. The number of rotatable bonds is 38. The summed E-state index contributed by atoms with van der Waals surface area (Å²) in [5, 5.41) is 11.4. The lowest BCUT2D eigenvalue weighted by atomic mass is 9.98. The zero-order valence-electron chi connectivity index (χ0n) is 32.3. The Hall–Kier alpha value is -2.77. The van der Waals surface area contributed by atoms with Crippen LogP contribution in [-0.2, 0) is 56.8 Å². The molecule has 0 saturated heterocycles. The number of fused-ring (bicyclic) bond motifs is 3. The molecule has 2 aromatic carbocycles. The van der Waals surface area contributed by atoms with E-state index in [-0.39, 0.29) is 12.5 Å². The van der Waals surface area contributed by atoms with E-state index in [2.05, 4.69) is 29.6 Å². The molecule has 0 aliphatic heterocycles. The van der Waals surface area contributed by atoms with Crippen molar-refractivity contribution in [3.63, 3.8) is 0 Å². The number of amides is 1. The van der Waals surface area contributed by atoms with Gasteiger partial charge in [-0.1, -0.05) is 48.5 Å². The lowest BCUT2D eigenvalue weighted by Crippen LogP contribution is -2.27. The Morgan fingerprint density at radius 3 is 1.11 bits per heavy atom. The van der Waals surface area contributed by atoms with Gasteiger partial charge in [0.1, 0.15) is 6.61 Å². The van der Waals surface area contributed by atoms with Gasteiger partial charge in [0.15, 0.2) is 0 Å².